The predicted octanol–water partition coefficient (Wildman–Crippen LogP) is 4.91. The first kappa shape index (κ1) is 18.5. The zero-order valence-corrected chi connectivity index (χ0v) is 15.9. The van der Waals surface area contributed by atoms with Crippen molar-refractivity contribution in [1.82, 2.24) is 10.4 Å². The number of nitrogens with one attached hydrogen (secondary N) is 1. The topological polar surface area (TPSA) is 92.8 Å². The third kappa shape index (κ3) is 4.50. The van der Waals surface area contributed by atoms with E-state index in [1.807, 2.05) is 54.6 Å². The first-order valence-electron chi connectivity index (χ1n) is 8.72. The van der Waals surface area contributed by atoms with Crippen molar-refractivity contribution in [1.29, 1.82) is 0 Å². The lowest BCUT2D eigenvalue weighted by Gasteiger charge is -2.03. The molecule has 142 valence electrons. The summed E-state index contributed by atoms with van der Waals surface area (Å²) in [5.74, 6) is 0.499. The Labute approximate surface area is 170 Å². The Bertz CT molecular complexity index is 1180. The van der Waals surface area contributed by atoms with Crippen molar-refractivity contribution in [3.8, 4) is 0 Å². The van der Waals surface area contributed by atoms with Crippen molar-refractivity contribution >= 4 is 45.0 Å². The van der Waals surface area contributed by atoms with Gasteiger partial charge in [-0.1, -0.05) is 42.5 Å². The molecule has 0 saturated heterocycles. The summed E-state index contributed by atoms with van der Waals surface area (Å²) in [5.41, 5.74) is 5.21. The number of hydrogen-bond acceptors (Lipinski definition) is 6. The molecule has 4 aromatic rings. The minimum absolute atomic E-state index is 0.0123. The summed E-state index contributed by atoms with van der Waals surface area (Å²) < 4.78 is 1.05. The molecule has 3 aromatic carbocycles. The normalized spacial score (nSPS) is 11.8. The van der Waals surface area contributed by atoms with Crippen molar-refractivity contribution < 1.29 is 4.92 Å². The van der Waals surface area contributed by atoms with Gasteiger partial charge in [0.2, 0.25) is 0 Å². The van der Waals surface area contributed by atoms with Gasteiger partial charge in [-0.2, -0.15) is 5.10 Å². The summed E-state index contributed by atoms with van der Waals surface area (Å²) in [7, 11) is 0. The minimum atomic E-state index is -0.436. The molecular weight excluding hydrogens is 386 g/mol. The number of nitro groups is 1. The van der Waals surface area contributed by atoms with Crippen molar-refractivity contribution in [2.75, 3.05) is 0 Å². The van der Waals surface area contributed by atoms with Gasteiger partial charge >= 0.3 is 0 Å². The van der Waals surface area contributed by atoms with Crippen LogP contribution in [0.3, 0.4) is 0 Å². The molecule has 0 amide bonds. The zero-order valence-electron chi connectivity index (χ0n) is 15.1. The van der Waals surface area contributed by atoms with Crippen LogP contribution in [0, 0.1) is 10.1 Å². The monoisotopic (exact) mass is 401 g/mol. The fraction of sp³-hybridized carbons (Fsp3) is 0. The summed E-state index contributed by atoms with van der Waals surface area (Å²) in [6.07, 6.45) is 1.51. The van der Waals surface area contributed by atoms with Crippen molar-refractivity contribution in [3.05, 3.63) is 99.5 Å². The summed E-state index contributed by atoms with van der Waals surface area (Å²) in [6.45, 7) is 0. The maximum atomic E-state index is 10.9. The Morgan fingerprint density at radius 1 is 1.03 bits per heavy atom. The number of para-hydroxylation sites is 2. The number of nitro benzene ring substituents is 1. The van der Waals surface area contributed by atoms with E-state index in [0.29, 0.717) is 16.4 Å². The van der Waals surface area contributed by atoms with Gasteiger partial charge in [-0.05, 0) is 24.3 Å². The number of amidine groups is 1. The Hall–Kier alpha value is -3.91. The highest BCUT2D eigenvalue weighted by molar-refractivity contribution is 7.20. The first-order valence-corrected chi connectivity index (χ1v) is 9.54. The number of rotatable bonds is 5. The summed E-state index contributed by atoms with van der Waals surface area (Å²) in [5, 5.41) is 15.9. The fourth-order valence-corrected chi connectivity index (χ4v) is 3.52. The highest BCUT2D eigenvalue weighted by Crippen LogP contribution is 2.23. The molecule has 0 atom stereocenters. The number of fused-ring (bicyclic) bond motifs is 1. The lowest BCUT2D eigenvalue weighted by Crippen LogP contribution is -2.18. The fourth-order valence-electron chi connectivity index (χ4n) is 2.61. The van der Waals surface area contributed by atoms with E-state index >= 15 is 0 Å². The Morgan fingerprint density at radius 2 is 1.83 bits per heavy atom. The highest BCUT2D eigenvalue weighted by atomic mass is 32.1. The average Bonchev–Trinajstić information content (AvgIpc) is 3.18. The number of hydrazone groups is 1. The maximum absolute atomic E-state index is 10.9. The van der Waals surface area contributed by atoms with Crippen molar-refractivity contribution in [2.24, 2.45) is 10.1 Å². The number of thiazole rings is 1. The molecule has 0 unspecified atom stereocenters. The SMILES string of the molecule is O=[N+]([O-])c1cccc(/C=N/NC(=Nc2ccccc2)c2nc3ccccc3s2)c1. The van der Waals surface area contributed by atoms with E-state index in [1.54, 1.807) is 12.1 Å². The molecule has 0 fully saturated rings. The average molecular weight is 401 g/mol. The van der Waals surface area contributed by atoms with E-state index in [4.69, 9.17) is 0 Å². The number of aliphatic imine (C=N–C) groups is 1. The van der Waals surface area contributed by atoms with E-state index in [1.165, 1.54) is 29.7 Å². The number of hydrogen-bond donors (Lipinski definition) is 1. The molecule has 29 heavy (non-hydrogen) atoms. The second-order valence-corrected chi connectivity index (χ2v) is 7.04. The number of non-ortho nitro benzene ring substituents is 1. The lowest BCUT2D eigenvalue weighted by atomic mass is 10.2. The van der Waals surface area contributed by atoms with Crippen LogP contribution in [-0.2, 0) is 0 Å². The second kappa shape index (κ2) is 8.41. The van der Waals surface area contributed by atoms with Gasteiger partial charge in [-0.15, -0.1) is 11.3 Å². The Morgan fingerprint density at radius 3 is 2.62 bits per heavy atom. The standard InChI is InChI=1S/C21H15N5O2S/c27-26(28)17-10-6-7-15(13-17)14-22-25-20(23-16-8-2-1-3-9-16)21-24-18-11-4-5-12-19(18)29-21/h1-14H,(H,23,25)/b22-14+. The third-order valence-electron chi connectivity index (χ3n) is 3.96. The van der Waals surface area contributed by atoms with Gasteiger partial charge in [0.15, 0.2) is 10.8 Å². The van der Waals surface area contributed by atoms with E-state index in [9.17, 15) is 10.1 Å². The highest BCUT2D eigenvalue weighted by Gasteiger charge is 2.10. The first-order chi connectivity index (χ1) is 14.2. The minimum Gasteiger partial charge on any atom is -0.259 e. The molecular formula is C21H15N5O2S. The van der Waals surface area contributed by atoms with Gasteiger partial charge in [0.1, 0.15) is 0 Å². The maximum Gasteiger partial charge on any atom is 0.270 e. The molecule has 0 bridgehead atoms. The molecule has 1 N–H and O–H groups in total. The van der Waals surface area contributed by atoms with Gasteiger partial charge in [0, 0.05) is 17.7 Å². The summed E-state index contributed by atoms with van der Waals surface area (Å²) >= 11 is 1.51. The van der Waals surface area contributed by atoms with Gasteiger partial charge in [-0.3, -0.25) is 15.5 Å². The quantitative estimate of drug-likeness (QED) is 0.223. The van der Waals surface area contributed by atoms with Crippen LogP contribution in [0.5, 0.6) is 0 Å². The number of nitrogens with zero attached hydrogens (tertiary/aromatic N) is 4. The van der Waals surface area contributed by atoms with Crippen LogP contribution >= 0.6 is 11.3 Å². The van der Waals surface area contributed by atoms with Crippen LogP contribution in [-0.4, -0.2) is 22.0 Å². The van der Waals surface area contributed by atoms with Gasteiger partial charge in [-0.25, -0.2) is 9.98 Å². The zero-order chi connectivity index (χ0) is 20.1. The van der Waals surface area contributed by atoms with Crippen LogP contribution in [0.4, 0.5) is 11.4 Å². The molecule has 0 aliphatic rings. The van der Waals surface area contributed by atoms with E-state index in [-0.39, 0.29) is 5.69 Å². The van der Waals surface area contributed by atoms with Crippen LogP contribution < -0.4 is 5.43 Å². The molecule has 7 nitrogen and oxygen atoms in total. The van der Waals surface area contributed by atoms with Crippen LogP contribution in [0.1, 0.15) is 10.6 Å². The second-order valence-electron chi connectivity index (χ2n) is 6.00. The molecule has 1 heterocycles. The van der Waals surface area contributed by atoms with Gasteiger partial charge in [0.05, 0.1) is 27.0 Å². The molecule has 0 radical (unpaired) electrons. The molecule has 0 aliphatic carbocycles. The number of benzene rings is 3. The van der Waals surface area contributed by atoms with E-state index in [0.717, 1.165) is 15.9 Å². The van der Waals surface area contributed by atoms with E-state index in [2.05, 4.69) is 20.5 Å². The Kier molecular flexibility index (Phi) is 5.35. The molecule has 0 aliphatic heterocycles. The van der Waals surface area contributed by atoms with Crippen LogP contribution in [0.25, 0.3) is 10.2 Å². The smallest absolute Gasteiger partial charge is 0.259 e. The van der Waals surface area contributed by atoms with Crippen molar-refractivity contribution in [2.45, 2.75) is 0 Å². The van der Waals surface area contributed by atoms with Gasteiger partial charge in [0.25, 0.3) is 5.69 Å². The van der Waals surface area contributed by atoms with Crippen molar-refractivity contribution in [3.63, 3.8) is 0 Å². The van der Waals surface area contributed by atoms with E-state index < -0.39 is 4.92 Å². The molecule has 0 spiro atoms. The molecule has 0 saturated carbocycles. The van der Waals surface area contributed by atoms with Gasteiger partial charge < -0.3 is 0 Å². The van der Waals surface area contributed by atoms with Crippen LogP contribution in [0.2, 0.25) is 0 Å². The Balaban J connectivity index is 1.65. The molecule has 4 rings (SSSR count). The third-order valence-corrected chi connectivity index (χ3v) is 5.00. The molecule has 8 heteroatoms. The van der Waals surface area contributed by atoms with Crippen LogP contribution in [0.15, 0.2) is 89.0 Å². The molecule has 1 aromatic heterocycles. The number of aromatic nitrogens is 1. The summed E-state index contributed by atoms with van der Waals surface area (Å²) in [4.78, 5) is 19.8. The lowest BCUT2D eigenvalue weighted by molar-refractivity contribution is -0.384. The summed E-state index contributed by atoms with van der Waals surface area (Å²) in [6, 6.07) is 23.6. The predicted molar refractivity (Wildman–Crippen MR) is 116 cm³/mol. The largest absolute Gasteiger partial charge is 0.270 e.